The molecule has 0 aliphatic carbocycles. The van der Waals surface area contributed by atoms with Gasteiger partial charge in [-0.2, -0.15) is 5.10 Å². The molecule has 0 unspecified atom stereocenters. The lowest BCUT2D eigenvalue weighted by atomic mass is 10.2. The molecule has 7 heteroatoms. The largest absolute Gasteiger partial charge is 0.352 e. The summed E-state index contributed by atoms with van der Waals surface area (Å²) in [5.74, 6) is 1.11. The number of rotatable bonds is 6. The molecule has 1 N–H and O–H groups in total. The normalized spacial score (nSPS) is 11.0. The van der Waals surface area contributed by atoms with Gasteiger partial charge in [0.1, 0.15) is 0 Å². The van der Waals surface area contributed by atoms with Crippen LogP contribution in [-0.2, 0) is 17.8 Å². The predicted molar refractivity (Wildman–Crippen MR) is 93.1 cm³/mol. The van der Waals surface area contributed by atoms with Crippen LogP contribution in [0, 0.1) is 0 Å². The second-order valence-corrected chi connectivity index (χ2v) is 6.65. The molecule has 0 saturated heterocycles. The second-order valence-electron chi connectivity index (χ2n) is 5.76. The number of thiazole rings is 1. The van der Waals surface area contributed by atoms with Gasteiger partial charge >= 0.3 is 0 Å². The van der Waals surface area contributed by atoms with Crippen LogP contribution >= 0.6 is 11.3 Å². The van der Waals surface area contributed by atoms with Gasteiger partial charge in [0.25, 0.3) is 0 Å². The molecule has 0 radical (unpaired) electrons. The molecule has 0 aliphatic heterocycles. The summed E-state index contributed by atoms with van der Waals surface area (Å²) in [6.07, 6.45) is 5.60. The molecule has 3 aromatic heterocycles. The van der Waals surface area contributed by atoms with Gasteiger partial charge in [0, 0.05) is 36.4 Å². The van der Waals surface area contributed by atoms with Gasteiger partial charge in [0.2, 0.25) is 5.91 Å². The highest BCUT2D eigenvalue weighted by Gasteiger charge is 2.09. The zero-order chi connectivity index (χ0) is 16.9. The van der Waals surface area contributed by atoms with Crippen molar-refractivity contribution < 1.29 is 4.79 Å². The molecule has 0 saturated carbocycles. The fourth-order valence-electron chi connectivity index (χ4n) is 2.16. The number of aromatic nitrogens is 4. The number of nitrogens with zero attached hydrogens (tertiary/aromatic N) is 4. The quantitative estimate of drug-likeness (QED) is 0.748. The Labute approximate surface area is 144 Å². The van der Waals surface area contributed by atoms with Crippen molar-refractivity contribution >= 4 is 17.2 Å². The zero-order valence-corrected chi connectivity index (χ0v) is 14.5. The number of amides is 1. The summed E-state index contributed by atoms with van der Waals surface area (Å²) in [6, 6.07) is 5.66. The highest BCUT2D eigenvalue weighted by molar-refractivity contribution is 7.09. The lowest BCUT2D eigenvalue weighted by Crippen LogP contribution is -2.24. The molecule has 0 bridgehead atoms. The maximum atomic E-state index is 12.0. The van der Waals surface area contributed by atoms with Crippen molar-refractivity contribution in [3.05, 3.63) is 58.4 Å². The number of carbonyl (C=O) groups is 1. The van der Waals surface area contributed by atoms with E-state index < -0.39 is 0 Å². The van der Waals surface area contributed by atoms with E-state index in [-0.39, 0.29) is 5.91 Å². The van der Waals surface area contributed by atoms with Gasteiger partial charge in [0.05, 0.1) is 17.1 Å². The topological polar surface area (TPSA) is 72.7 Å². The standard InChI is InChI=1S/C17H19N5OS/c1-12(2)17-21-14(11-24-17)8-16(23)19-10-13-4-5-15(18-9-13)22-7-3-6-20-22/h3-7,9,11-12H,8,10H2,1-2H3,(H,19,23). The molecule has 0 fully saturated rings. The lowest BCUT2D eigenvalue weighted by Gasteiger charge is -2.05. The van der Waals surface area contributed by atoms with Gasteiger partial charge in [-0.1, -0.05) is 19.9 Å². The molecular formula is C17H19N5OS. The van der Waals surface area contributed by atoms with E-state index in [0.717, 1.165) is 22.1 Å². The Morgan fingerprint density at radius 3 is 2.88 bits per heavy atom. The van der Waals surface area contributed by atoms with Crippen LogP contribution < -0.4 is 5.32 Å². The van der Waals surface area contributed by atoms with Crippen LogP contribution in [0.5, 0.6) is 0 Å². The lowest BCUT2D eigenvalue weighted by molar-refractivity contribution is -0.120. The van der Waals surface area contributed by atoms with E-state index in [9.17, 15) is 4.79 Å². The van der Waals surface area contributed by atoms with Crippen molar-refractivity contribution in [3.63, 3.8) is 0 Å². The minimum Gasteiger partial charge on any atom is -0.352 e. The fraction of sp³-hybridized carbons (Fsp3) is 0.294. The SMILES string of the molecule is CC(C)c1nc(CC(=O)NCc2ccc(-n3cccn3)nc2)cs1. The van der Waals surface area contributed by atoms with Crippen LogP contribution in [0.25, 0.3) is 5.82 Å². The molecule has 124 valence electrons. The monoisotopic (exact) mass is 341 g/mol. The second kappa shape index (κ2) is 7.35. The Morgan fingerprint density at radius 1 is 1.38 bits per heavy atom. The van der Waals surface area contributed by atoms with E-state index in [1.54, 1.807) is 28.4 Å². The molecule has 24 heavy (non-hydrogen) atoms. The number of hydrogen-bond acceptors (Lipinski definition) is 5. The molecule has 3 aromatic rings. The molecule has 0 atom stereocenters. The van der Waals surface area contributed by atoms with Crippen LogP contribution in [0.3, 0.4) is 0 Å². The summed E-state index contributed by atoms with van der Waals surface area (Å²) < 4.78 is 1.69. The maximum absolute atomic E-state index is 12.0. The van der Waals surface area contributed by atoms with E-state index in [1.807, 2.05) is 29.8 Å². The van der Waals surface area contributed by atoms with Crippen LogP contribution in [0.2, 0.25) is 0 Å². The number of hydrogen-bond donors (Lipinski definition) is 1. The minimum absolute atomic E-state index is 0.0354. The van der Waals surface area contributed by atoms with Crippen molar-refractivity contribution in [1.29, 1.82) is 0 Å². The van der Waals surface area contributed by atoms with Gasteiger partial charge < -0.3 is 5.32 Å². The summed E-state index contributed by atoms with van der Waals surface area (Å²) in [5, 5.41) is 10.1. The van der Waals surface area contributed by atoms with Crippen molar-refractivity contribution in [2.75, 3.05) is 0 Å². The smallest absolute Gasteiger partial charge is 0.226 e. The third kappa shape index (κ3) is 4.05. The molecule has 3 heterocycles. The molecule has 0 spiro atoms. The highest BCUT2D eigenvalue weighted by atomic mass is 32.1. The van der Waals surface area contributed by atoms with Gasteiger partial charge in [0.15, 0.2) is 5.82 Å². The molecule has 6 nitrogen and oxygen atoms in total. The van der Waals surface area contributed by atoms with E-state index in [0.29, 0.717) is 18.9 Å². The van der Waals surface area contributed by atoms with Crippen molar-refractivity contribution in [1.82, 2.24) is 25.1 Å². The Morgan fingerprint density at radius 2 is 2.25 bits per heavy atom. The fourth-order valence-corrected chi connectivity index (χ4v) is 2.99. The first-order valence-electron chi connectivity index (χ1n) is 7.78. The molecule has 0 aromatic carbocycles. The van der Waals surface area contributed by atoms with E-state index in [4.69, 9.17) is 0 Å². The molecule has 0 aliphatic rings. The summed E-state index contributed by atoms with van der Waals surface area (Å²) in [6.45, 7) is 4.65. The first-order chi connectivity index (χ1) is 11.6. The van der Waals surface area contributed by atoms with Gasteiger partial charge in [-0.05, 0) is 17.7 Å². The highest BCUT2D eigenvalue weighted by Crippen LogP contribution is 2.19. The Kier molecular flexibility index (Phi) is 5.00. The van der Waals surface area contributed by atoms with Crippen molar-refractivity contribution in [3.8, 4) is 5.82 Å². The average Bonchev–Trinajstić information content (AvgIpc) is 3.25. The Bertz CT molecular complexity index is 793. The predicted octanol–water partition coefficient (Wildman–Crippen LogP) is 2.71. The number of carbonyl (C=O) groups excluding carboxylic acids is 1. The summed E-state index contributed by atoms with van der Waals surface area (Å²) in [4.78, 5) is 20.9. The van der Waals surface area contributed by atoms with Crippen LogP contribution in [-0.4, -0.2) is 25.7 Å². The number of pyridine rings is 1. The molecule has 3 rings (SSSR count). The Hall–Kier alpha value is -2.54. The van der Waals surface area contributed by atoms with Gasteiger partial charge in [-0.15, -0.1) is 11.3 Å². The summed E-state index contributed by atoms with van der Waals surface area (Å²) in [7, 11) is 0. The number of nitrogens with one attached hydrogen (secondary N) is 1. The van der Waals surface area contributed by atoms with E-state index >= 15 is 0 Å². The average molecular weight is 341 g/mol. The zero-order valence-electron chi connectivity index (χ0n) is 13.6. The summed E-state index contributed by atoms with van der Waals surface area (Å²) >= 11 is 1.60. The maximum Gasteiger partial charge on any atom is 0.226 e. The summed E-state index contributed by atoms with van der Waals surface area (Å²) in [5.41, 5.74) is 1.77. The molecular weight excluding hydrogens is 322 g/mol. The van der Waals surface area contributed by atoms with Gasteiger partial charge in [-0.3, -0.25) is 4.79 Å². The van der Waals surface area contributed by atoms with Crippen molar-refractivity contribution in [2.24, 2.45) is 0 Å². The van der Waals surface area contributed by atoms with E-state index in [2.05, 4.69) is 34.2 Å². The van der Waals surface area contributed by atoms with Gasteiger partial charge in [-0.25, -0.2) is 14.6 Å². The van der Waals surface area contributed by atoms with Crippen LogP contribution in [0.4, 0.5) is 0 Å². The third-order valence-electron chi connectivity index (χ3n) is 3.44. The first kappa shape index (κ1) is 16.3. The van der Waals surface area contributed by atoms with Crippen LogP contribution in [0.15, 0.2) is 42.2 Å². The first-order valence-corrected chi connectivity index (χ1v) is 8.65. The van der Waals surface area contributed by atoms with Crippen molar-refractivity contribution in [2.45, 2.75) is 32.7 Å². The van der Waals surface area contributed by atoms with E-state index in [1.165, 1.54) is 0 Å². The Balaban J connectivity index is 1.52. The van der Waals surface area contributed by atoms with Crippen LogP contribution in [0.1, 0.15) is 36.0 Å². The minimum atomic E-state index is -0.0354. The molecule has 1 amide bonds. The third-order valence-corrected chi connectivity index (χ3v) is 4.64.